The fourth-order valence-corrected chi connectivity index (χ4v) is 2.73. The lowest BCUT2D eigenvalue weighted by molar-refractivity contribution is -0.140. The number of hydrogen-bond acceptors (Lipinski definition) is 2. The van der Waals surface area contributed by atoms with Crippen molar-refractivity contribution in [1.82, 2.24) is 0 Å². The molecule has 1 aliphatic rings. The summed E-state index contributed by atoms with van der Waals surface area (Å²) in [6.45, 7) is 3.29. The van der Waals surface area contributed by atoms with Crippen LogP contribution in [-0.2, 0) is 9.59 Å². The largest absolute Gasteiger partial charge is 0.481 e. The molecule has 0 spiro atoms. The number of carbonyl (C=O) groups is 2. The first-order chi connectivity index (χ1) is 9.16. The first-order valence-corrected chi connectivity index (χ1v) is 6.63. The third kappa shape index (κ3) is 2.42. The van der Waals surface area contributed by atoms with Gasteiger partial charge in [-0.2, -0.15) is 0 Å². The van der Waals surface area contributed by atoms with Crippen molar-refractivity contribution in [2.75, 3.05) is 5.32 Å². The number of nitrogens with one attached hydrogen (secondary N) is 1. The van der Waals surface area contributed by atoms with Crippen molar-refractivity contribution in [2.45, 2.75) is 13.8 Å². The van der Waals surface area contributed by atoms with E-state index in [1.165, 1.54) is 0 Å². The van der Waals surface area contributed by atoms with Crippen LogP contribution in [0.15, 0.2) is 16.6 Å². The molecule has 1 fully saturated rings. The summed E-state index contributed by atoms with van der Waals surface area (Å²) < 4.78 is 26.9. The topological polar surface area (TPSA) is 66.4 Å². The second-order valence-corrected chi connectivity index (χ2v) is 6.20. The zero-order valence-corrected chi connectivity index (χ0v) is 12.3. The minimum Gasteiger partial charge on any atom is -0.481 e. The van der Waals surface area contributed by atoms with Crippen LogP contribution in [-0.4, -0.2) is 17.0 Å². The number of halogens is 3. The van der Waals surface area contributed by atoms with Gasteiger partial charge >= 0.3 is 5.97 Å². The quantitative estimate of drug-likeness (QED) is 0.826. The van der Waals surface area contributed by atoms with Crippen molar-refractivity contribution in [3.8, 4) is 0 Å². The molecule has 7 heteroatoms. The summed E-state index contributed by atoms with van der Waals surface area (Å²) in [5.74, 6) is -4.78. The zero-order valence-electron chi connectivity index (χ0n) is 10.7. The fourth-order valence-electron chi connectivity index (χ4n) is 2.42. The number of aliphatic carboxylic acids is 1. The van der Waals surface area contributed by atoms with Crippen molar-refractivity contribution >= 4 is 33.5 Å². The summed E-state index contributed by atoms with van der Waals surface area (Å²) >= 11 is 2.83. The highest BCUT2D eigenvalue weighted by molar-refractivity contribution is 9.10. The molecule has 108 valence electrons. The maximum atomic E-state index is 13.6. The Morgan fingerprint density at radius 2 is 1.85 bits per heavy atom. The molecule has 1 amide bonds. The van der Waals surface area contributed by atoms with Gasteiger partial charge in [0.05, 0.1) is 22.0 Å². The van der Waals surface area contributed by atoms with E-state index in [1.54, 1.807) is 13.8 Å². The van der Waals surface area contributed by atoms with Gasteiger partial charge in [-0.05, 0) is 27.4 Å². The van der Waals surface area contributed by atoms with Crippen LogP contribution < -0.4 is 5.32 Å². The molecule has 1 aliphatic carbocycles. The highest BCUT2D eigenvalue weighted by atomic mass is 79.9. The number of anilines is 1. The summed E-state index contributed by atoms with van der Waals surface area (Å²) in [6.07, 6.45) is 0. The number of carboxylic acids is 1. The van der Waals surface area contributed by atoms with Crippen molar-refractivity contribution in [3.05, 3.63) is 28.2 Å². The van der Waals surface area contributed by atoms with Gasteiger partial charge in [-0.25, -0.2) is 8.78 Å². The molecule has 0 saturated heterocycles. The average Bonchev–Trinajstić information content (AvgIpc) is 2.89. The van der Waals surface area contributed by atoms with Gasteiger partial charge in [0.1, 0.15) is 11.6 Å². The van der Waals surface area contributed by atoms with Crippen LogP contribution in [0.2, 0.25) is 0 Å². The molecule has 0 aliphatic heterocycles. The smallest absolute Gasteiger partial charge is 0.307 e. The van der Waals surface area contributed by atoms with Gasteiger partial charge < -0.3 is 10.4 Å². The van der Waals surface area contributed by atoms with E-state index in [-0.39, 0.29) is 10.2 Å². The maximum Gasteiger partial charge on any atom is 0.307 e. The third-order valence-electron chi connectivity index (χ3n) is 3.64. The van der Waals surface area contributed by atoms with Crippen LogP contribution in [0.3, 0.4) is 0 Å². The highest BCUT2D eigenvalue weighted by Gasteiger charge is 2.65. The monoisotopic (exact) mass is 347 g/mol. The Bertz CT molecular complexity index is 604. The minimum atomic E-state index is -1.07. The Balaban J connectivity index is 2.18. The van der Waals surface area contributed by atoms with E-state index in [0.717, 1.165) is 12.1 Å². The molecular weight excluding hydrogens is 336 g/mol. The zero-order chi connectivity index (χ0) is 15.2. The Morgan fingerprint density at radius 3 is 2.35 bits per heavy atom. The van der Waals surface area contributed by atoms with E-state index in [1.807, 2.05) is 0 Å². The van der Waals surface area contributed by atoms with Crippen molar-refractivity contribution in [3.63, 3.8) is 0 Å². The second kappa shape index (κ2) is 4.80. The molecule has 2 N–H and O–H groups in total. The molecule has 1 aromatic carbocycles. The van der Waals surface area contributed by atoms with Gasteiger partial charge in [-0.15, -0.1) is 0 Å². The van der Waals surface area contributed by atoms with Crippen LogP contribution >= 0.6 is 15.9 Å². The average molecular weight is 348 g/mol. The van der Waals surface area contributed by atoms with E-state index in [2.05, 4.69) is 21.2 Å². The summed E-state index contributed by atoms with van der Waals surface area (Å²) in [6, 6.07) is 1.75. The van der Waals surface area contributed by atoms with E-state index in [4.69, 9.17) is 5.11 Å². The molecule has 0 bridgehead atoms. The standard InChI is InChI=1S/C13H12BrF2NO3/c1-13(2)9(10(13)12(19)20)11(18)17-8-4-6(15)5(14)3-7(8)16/h3-4,9-10H,1-2H3,(H,17,18)(H,19,20)/t9-,10+/m1/s1. The van der Waals surface area contributed by atoms with Gasteiger partial charge in [0.25, 0.3) is 0 Å². The highest BCUT2D eigenvalue weighted by Crippen LogP contribution is 2.58. The van der Waals surface area contributed by atoms with Crippen LogP contribution in [0.5, 0.6) is 0 Å². The van der Waals surface area contributed by atoms with Crippen LogP contribution in [0.4, 0.5) is 14.5 Å². The number of amides is 1. The van der Waals surface area contributed by atoms with Crippen molar-refractivity contribution in [2.24, 2.45) is 17.3 Å². The molecule has 2 atom stereocenters. The second-order valence-electron chi connectivity index (χ2n) is 5.35. The molecule has 0 radical (unpaired) electrons. The Kier molecular flexibility index (Phi) is 3.58. The predicted molar refractivity (Wildman–Crippen MR) is 71.1 cm³/mol. The third-order valence-corrected chi connectivity index (χ3v) is 4.25. The van der Waals surface area contributed by atoms with Crippen LogP contribution in [0.1, 0.15) is 13.8 Å². The van der Waals surface area contributed by atoms with Crippen LogP contribution in [0.25, 0.3) is 0 Å². The van der Waals surface area contributed by atoms with Crippen molar-refractivity contribution in [1.29, 1.82) is 0 Å². The molecule has 0 heterocycles. The van der Waals surface area contributed by atoms with E-state index in [0.29, 0.717) is 0 Å². The summed E-state index contributed by atoms with van der Waals surface area (Å²) in [4.78, 5) is 23.0. The Labute approximate surface area is 122 Å². The van der Waals surface area contributed by atoms with E-state index in [9.17, 15) is 18.4 Å². The van der Waals surface area contributed by atoms with Gasteiger partial charge in [-0.3, -0.25) is 9.59 Å². The predicted octanol–water partition coefficient (Wildman–Crippen LogP) is 3.02. The van der Waals surface area contributed by atoms with E-state index >= 15 is 0 Å². The normalized spacial score (nSPS) is 23.2. The molecule has 20 heavy (non-hydrogen) atoms. The minimum absolute atomic E-state index is 0.0526. The number of benzene rings is 1. The lowest BCUT2D eigenvalue weighted by Gasteiger charge is -2.08. The van der Waals surface area contributed by atoms with Crippen LogP contribution in [0, 0.1) is 28.9 Å². The first kappa shape index (κ1) is 14.9. The number of carboxylic acid groups (broad SMARTS) is 1. The summed E-state index contributed by atoms with van der Waals surface area (Å²) in [5, 5.41) is 11.2. The van der Waals surface area contributed by atoms with Gasteiger partial charge in [0, 0.05) is 6.07 Å². The molecule has 0 unspecified atom stereocenters. The maximum absolute atomic E-state index is 13.6. The molecule has 1 saturated carbocycles. The molecule has 0 aromatic heterocycles. The SMILES string of the molecule is CC1(C)[C@H](C(=O)O)[C@@H]1C(=O)Nc1cc(F)c(Br)cc1F. The molecule has 2 rings (SSSR count). The molecule has 4 nitrogen and oxygen atoms in total. The number of rotatable bonds is 3. The van der Waals surface area contributed by atoms with Gasteiger partial charge in [0.2, 0.25) is 5.91 Å². The first-order valence-electron chi connectivity index (χ1n) is 5.84. The summed E-state index contributed by atoms with van der Waals surface area (Å²) in [5.41, 5.74) is -0.997. The Morgan fingerprint density at radius 1 is 1.25 bits per heavy atom. The fraction of sp³-hybridized carbons (Fsp3) is 0.385. The van der Waals surface area contributed by atoms with E-state index < -0.39 is 40.8 Å². The molecule has 1 aromatic rings. The summed E-state index contributed by atoms with van der Waals surface area (Å²) in [7, 11) is 0. The van der Waals surface area contributed by atoms with Gasteiger partial charge in [-0.1, -0.05) is 13.8 Å². The van der Waals surface area contributed by atoms with Gasteiger partial charge in [0.15, 0.2) is 0 Å². The Hall–Kier alpha value is -1.50. The lowest BCUT2D eigenvalue weighted by Crippen LogP contribution is -2.18. The lowest BCUT2D eigenvalue weighted by atomic mass is 10.1. The molecular formula is C13H12BrF2NO3. The van der Waals surface area contributed by atoms with Crippen molar-refractivity contribution < 1.29 is 23.5 Å². The number of carbonyl (C=O) groups excluding carboxylic acids is 1. The number of hydrogen-bond donors (Lipinski definition) is 2.